The number of ketones is 1. The van der Waals surface area contributed by atoms with E-state index in [2.05, 4.69) is 15.4 Å². The minimum atomic E-state index is -0.0305. The average molecular weight is 246 g/mol. The van der Waals surface area contributed by atoms with Crippen molar-refractivity contribution in [2.45, 2.75) is 20.5 Å². The van der Waals surface area contributed by atoms with Gasteiger partial charge in [0.2, 0.25) is 5.82 Å². The summed E-state index contributed by atoms with van der Waals surface area (Å²) in [6.45, 7) is 3.65. The quantitative estimate of drug-likeness (QED) is 0.760. The normalized spacial score (nSPS) is 10.4. The maximum atomic E-state index is 11.5. The van der Waals surface area contributed by atoms with Gasteiger partial charge in [0, 0.05) is 0 Å². The van der Waals surface area contributed by atoms with Crippen LogP contribution in [0.3, 0.4) is 0 Å². The van der Waals surface area contributed by atoms with Crippen molar-refractivity contribution in [1.82, 2.24) is 20.2 Å². The summed E-state index contributed by atoms with van der Waals surface area (Å²) in [6.07, 6.45) is 0. The molecular formula is C12H14N4O2. The number of carbonyl (C=O) groups excluding carboxylic acids is 1. The van der Waals surface area contributed by atoms with Gasteiger partial charge in [0.15, 0.2) is 12.4 Å². The Balaban J connectivity index is 2.17. The van der Waals surface area contributed by atoms with Gasteiger partial charge in [-0.2, -0.15) is 4.80 Å². The molecule has 1 aromatic heterocycles. The molecular weight excluding hydrogens is 232 g/mol. The van der Waals surface area contributed by atoms with Crippen molar-refractivity contribution in [3.05, 3.63) is 35.2 Å². The highest BCUT2D eigenvalue weighted by molar-refractivity contribution is 5.96. The lowest BCUT2D eigenvalue weighted by Gasteiger charge is -2.08. The molecule has 1 heterocycles. The molecule has 0 spiro atoms. The number of nitrogens with zero attached hydrogens (tertiary/aromatic N) is 4. The predicted molar refractivity (Wildman–Crippen MR) is 64.3 cm³/mol. The molecule has 0 aliphatic carbocycles. The number of rotatable bonds is 4. The van der Waals surface area contributed by atoms with Crippen LogP contribution in [-0.2, 0) is 13.7 Å². The van der Waals surface area contributed by atoms with Gasteiger partial charge < -0.3 is 4.74 Å². The Hall–Kier alpha value is -2.24. The first-order valence-electron chi connectivity index (χ1n) is 5.53. The maximum Gasteiger partial charge on any atom is 0.212 e. The van der Waals surface area contributed by atoms with E-state index in [1.54, 1.807) is 13.1 Å². The number of hydrogen-bond donors (Lipinski definition) is 0. The maximum absolute atomic E-state index is 11.5. The average Bonchev–Trinajstić information content (AvgIpc) is 2.72. The zero-order chi connectivity index (χ0) is 13.1. The third-order valence-corrected chi connectivity index (χ3v) is 2.42. The van der Waals surface area contributed by atoms with Gasteiger partial charge in [0.25, 0.3) is 0 Å². The van der Waals surface area contributed by atoms with Crippen LogP contribution in [0.2, 0.25) is 0 Å². The number of aryl methyl sites for hydroxylation is 2. The minimum absolute atomic E-state index is 0.0305. The molecule has 2 rings (SSSR count). The SMILES string of the molecule is CC(=O)c1ccc(C)cc1OCc1nnn(C)n1. The van der Waals surface area contributed by atoms with Crippen LogP contribution in [0.5, 0.6) is 5.75 Å². The molecule has 0 fully saturated rings. The van der Waals surface area contributed by atoms with E-state index >= 15 is 0 Å². The van der Waals surface area contributed by atoms with Gasteiger partial charge in [0.1, 0.15) is 5.75 Å². The Morgan fingerprint density at radius 1 is 1.44 bits per heavy atom. The van der Waals surface area contributed by atoms with Gasteiger partial charge in [-0.15, -0.1) is 10.2 Å². The third-order valence-electron chi connectivity index (χ3n) is 2.42. The van der Waals surface area contributed by atoms with Crippen molar-refractivity contribution in [1.29, 1.82) is 0 Å². The highest BCUT2D eigenvalue weighted by atomic mass is 16.5. The van der Waals surface area contributed by atoms with Crippen LogP contribution >= 0.6 is 0 Å². The molecule has 0 aliphatic rings. The van der Waals surface area contributed by atoms with Crippen LogP contribution in [0.25, 0.3) is 0 Å². The van der Waals surface area contributed by atoms with E-state index < -0.39 is 0 Å². The fourth-order valence-corrected chi connectivity index (χ4v) is 1.56. The first-order valence-corrected chi connectivity index (χ1v) is 5.53. The standard InChI is InChI=1S/C12H14N4O2/c1-8-4-5-10(9(2)17)11(6-8)18-7-12-13-15-16(3)14-12/h4-6H,7H2,1-3H3. The molecule has 0 aliphatic heterocycles. The predicted octanol–water partition coefficient (Wildman–Crippen LogP) is 1.30. The molecule has 2 aromatic rings. The molecule has 0 bridgehead atoms. The van der Waals surface area contributed by atoms with E-state index in [1.807, 2.05) is 19.1 Å². The highest BCUT2D eigenvalue weighted by Gasteiger charge is 2.10. The number of tetrazole rings is 1. The summed E-state index contributed by atoms with van der Waals surface area (Å²) in [5, 5.41) is 11.5. The summed E-state index contributed by atoms with van der Waals surface area (Å²) in [5.74, 6) is 1.00. The van der Waals surface area contributed by atoms with Crippen LogP contribution in [0, 0.1) is 6.92 Å². The molecule has 1 aromatic carbocycles. The summed E-state index contributed by atoms with van der Waals surface area (Å²) < 4.78 is 5.58. The second-order valence-electron chi connectivity index (χ2n) is 4.04. The number of Topliss-reactive ketones (excluding diaryl/α,β-unsaturated/α-hetero) is 1. The van der Waals surface area contributed by atoms with Crippen LogP contribution < -0.4 is 4.74 Å². The second kappa shape index (κ2) is 4.95. The van der Waals surface area contributed by atoms with Crippen molar-refractivity contribution in [2.75, 3.05) is 0 Å². The molecule has 0 radical (unpaired) electrons. The van der Waals surface area contributed by atoms with Crippen LogP contribution in [0.15, 0.2) is 18.2 Å². The van der Waals surface area contributed by atoms with Gasteiger partial charge >= 0.3 is 0 Å². The number of ether oxygens (including phenoxy) is 1. The van der Waals surface area contributed by atoms with Crippen molar-refractivity contribution in [3.8, 4) is 5.75 Å². The molecule has 6 heteroatoms. The summed E-state index contributed by atoms with van der Waals surface area (Å²) in [4.78, 5) is 12.8. The number of hydrogen-bond acceptors (Lipinski definition) is 5. The molecule has 0 N–H and O–H groups in total. The monoisotopic (exact) mass is 246 g/mol. The highest BCUT2D eigenvalue weighted by Crippen LogP contribution is 2.21. The van der Waals surface area contributed by atoms with E-state index in [0.717, 1.165) is 5.56 Å². The Bertz CT molecular complexity index is 577. The largest absolute Gasteiger partial charge is 0.485 e. The molecule has 0 saturated heterocycles. The zero-order valence-corrected chi connectivity index (χ0v) is 10.5. The van der Waals surface area contributed by atoms with E-state index in [1.165, 1.54) is 11.7 Å². The Morgan fingerprint density at radius 3 is 2.83 bits per heavy atom. The summed E-state index contributed by atoms with van der Waals surface area (Å²) in [5.41, 5.74) is 1.59. The Kier molecular flexibility index (Phi) is 3.36. The molecule has 0 saturated carbocycles. The van der Waals surface area contributed by atoms with Crippen molar-refractivity contribution >= 4 is 5.78 Å². The Labute approximate surface area is 105 Å². The van der Waals surface area contributed by atoms with E-state index in [-0.39, 0.29) is 12.4 Å². The number of aromatic nitrogens is 4. The molecule has 0 amide bonds. The number of benzene rings is 1. The van der Waals surface area contributed by atoms with Crippen LogP contribution in [0.4, 0.5) is 0 Å². The number of carbonyl (C=O) groups is 1. The van der Waals surface area contributed by atoms with Crippen LogP contribution in [-0.4, -0.2) is 26.0 Å². The minimum Gasteiger partial charge on any atom is -0.485 e. The lowest BCUT2D eigenvalue weighted by molar-refractivity contribution is 0.101. The van der Waals surface area contributed by atoms with Gasteiger partial charge in [-0.1, -0.05) is 6.07 Å². The zero-order valence-electron chi connectivity index (χ0n) is 10.5. The van der Waals surface area contributed by atoms with Crippen molar-refractivity contribution in [2.24, 2.45) is 7.05 Å². The van der Waals surface area contributed by atoms with Gasteiger partial charge in [-0.3, -0.25) is 4.79 Å². The van der Waals surface area contributed by atoms with Crippen LogP contribution in [0.1, 0.15) is 28.7 Å². The van der Waals surface area contributed by atoms with Crippen molar-refractivity contribution < 1.29 is 9.53 Å². The lowest BCUT2D eigenvalue weighted by Crippen LogP contribution is -2.03. The summed E-state index contributed by atoms with van der Waals surface area (Å²) >= 11 is 0. The fraction of sp³-hybridized carbons (Fsp3) is 0.333. The summed E-state index contributed by atoms with van der Waals surface area (Å²) in [6, 6.07) is 5.47. The first kappa shape index (κ1) is 12.2. The smallest absolute Gasteiger partial charge is 0.212 e. The van der Waals surface area contributed by atoms with E-state index in [0.29, 0.717) is 17.1 Å². The second-order valence-corrected chi connectivity index (χ2v) is 4.04. The lowest BCUT2D eigenvalue weighted by atomic mass is 10.1. The van der Waals surface area contributed by atoms with Gasteiger partial charge in [0.05, 0.1) is 12.6 Å². The van der Waals surface area contributed by atoms with Gasteiger partial charge in [-0.05, 0) is 36.8 Å². The molecule has 0 unspecified atom stereocenters. The van der Waals surface area contributed by atoms with Crippen molar-refractivity contribution in [3.63, 3.8) is 0 Å². The third kappa shape index (κ3) is 2.71. The fourth-order valence-electron chi connectivity index (χ4n) is 1.56. The molecule has 94 valence electrons. The molecule has 18 heavy (non-hydrogen) atoms. The molecule has 6 nitrogen and oxygen atoms in total. The first-order chi connectivity index (χ1) is 8.56. The topological polar surface area (TPSA) is 69.9 Å². The van der Waals surface area contributed by atoms with Gasteiger partial charge in [-0.25, -0.2) is 0 Å². The van der Waals surface area contributed by atoms with E-state index in [9.17, 15) is 4.79 Å². The molecule has 0 atom stereocenters. The summed E-state index contributed by atoms with van der Waals surface area (Å²) in [7, 11) is 1.68. The Morgan fingerprint density at radius 2 is 2.22 bits per heavy atom. The van der Waals surface area contributed by atoms with E-state index in [4.69, 9.17) is 4.74 Å².